The van der Waals surface area contributed by atoms with Crippen molar-refractivity contribution in [2.45, 2.75) is 53.5 Å². The molecule has 0 aliphatic rings. The summed E-state index contributed by atoms with van der Waals surface area (Å²) in [5.41, 5.74) is 1.31. The van der Waals surface area contributed by atoms with Crippen molar-refractivity contribution >= 4 is 0 Å². The second-order valence-electron chi connectivity index (χ2n) is 5.98. The molecule has 1 heterocycles. The standard InChI is InChI=1S/C16H28N2O/c1-6-11-17-14(16(3,4)5)12-13-9-8-10-15(18-13)19-7-2/h8-10,14,17H,6-7,11-12H2,1-5H3. The van der Waals surface area contributed by atoms with E-state index in [1.54, 1.807) is 0 Å². The molecule has 0 aliphatic carbocycles. The van der Waals surface area contributed by atoms with Crippen LogP contribution in [0.3, 0.4) is 0 Å². The molecule has 108 valence electrons. The maximum atomic E-state index is 5.46. The molecule has 1 aromatic heterocycles. The van der Waals surface area contributed by atoms with Gasteiger partial charge in [0, 0.05) is 24.2 Å². The number of nitrogens with zero attached hydrogens (tertiary/aromatic N) is 1. The largest absolute Gasteiger partial charge is 0.478 e. The zero-order valence-electron chi connectivity index (χ0n) is 13.0. The van der Waals surface area contributed by atoms with Crippen LogP contribution in [0.1, 0.15) is 46.7 Å². The molecule has 0 bridgehead atoms. The summed E-state index contributed by atoms with van der Waals surface area (Å²) in [5, 5.41) is 3.63. The zero-order chi connectivity index (χ0) is 14.3. The molecule has 1 aromatic rings. The van der Waals surface area contributed by atoms with Gasteiger partial charge >= 0.3 is 0 Å². The third-order valence-corrected chi connectivity index (χ3v) is 3.17. The van der Waals surface area contributed by atoms with Crippen LogP contribution in [0.4, 0.5) is 0 Å². The minimum Gasteiger partial charge on any atom is -0.478 e. The first kappa shape index (κ1) is 16.0. The van der Waals surface area contributed by atoms with Crippen LogP contribution in [0.2, 0.25) is 0 Å². The van der Waals surface area contributed by atoms with Crippen molar-refractivity contribution < 1.29 is 4.74 Å². The van der Waals surface area contributed by atoms with Crippen molar-refractivity contribution in [3.8, 4) is 5.88 Å². The van der Waals surface area contributed by atoms with E-state index >= 15 is 0 Å². The van der Waals surface area contributed by atoms with Gasteiger partial charge in [-0.2, -0.15) is 0 Å². The van der Waals surface area contributed by atoms with Crippen LogP contribution in [0.25, 0.3) is 0 Å². The molecule has 1 rings (SSSR count). The number of aromatic nitrogens is 1. The average Bonchev–Trinajstić information content (AvgIpc) is 2.34. The molecule has 0 spiro atoms. The first-order chi connectivity index (χ1) is 8.97. The normalized spacial score (nSPS) is 13.3. The van der Waals surface area contributed by atoms with Gasteiger partial charge in [0.15, 0.2) is 0 Å². The van der Waals surface area contributed by atoms with Crippen LogP contribution < -0.4 is 10.1 Å². The fourth-order valence-corrected chi connectivity index (χ4v) is 2.01. The molecular weight excluding hydrogens is 236 g/mol. The van der Waals surface area contributed by atoms with E-state index in [1.807, 2.05) is 19.1 Å². The first-order valence-corrected chi connectivity index (χ1v) is 7.29. The lowest BCUT2D eigenvalue weighted by atomic mass is 9.84. The number of hydrogen-bond donors (Lipinski definition) is 1. The van der Waals surface area contributed by atoms with Crippen LogP contribution >= 0.6 is 0 Å². The van der Waals surface area contributed by atoms with Gasteiger partial charge in [0.1, 0.15) is 0 Å². The second-order valence-corrected chi connectivity index (χ2v) is 5.98. The number of ether oxygens (including phenoxy) is 1. The van der Waals surface area contributed by atoms with Gasteiger partial charge in [0.25, 0.3) is 0 Å². The quantitative estimate of drug-likeness (QED) is 0.819. The van der Waals surface area contributed by atoms with Gasteiger partial charge < -0.3 is 10.1 Å². The van der Waals surface area contributed by atoms with Crippen molar-refractivity contribution in [2.24, 2.45) is 5.41 Å². The summed E-state index contributed by atoms with van der Waals surface area (Å²) in [7, 11) is 0. The van der Waals surface area contributed by atoms with E-state index in [-0.39, 0.29) is 5.41 Å². The molecular formula is C16H28N2O. The van der Waals surface area contributed by atoms with Crippen molar-refractivity contribution in [1.29, 1.82) is 0 Å². The number of hydrogen-bond acceptors (Lipinski definition) is 3. The lowest BCUT2D eigenvalue weighted by molar-refractivity contribution is 0.264. The highest BCUT2D eigenvalue weighted by atomic mass is 16.5. The molecule has 0 amide bonds. The maximum absolute atomic E-state index is 5.46. The first-order valence-electron chi connectivity index (χ1n) is 7.29. The number of nitrogens with one attached hydrogen (secondary N) is 1. The second kappa shape index (κ2) is 7.49. The molecule has 0 fully saturated rings. The Balaban J connectivity index is 2.75. The van der Waals surface area contributed by atoms with Crippen molar-refractivity contribution in [1.82, 2.24) is 10.3 Å². The molecule has 1 unspecified atom stereocenters. The maximum Gasteiger partial charge on any atom is 0.213 e. The Morgan fingerprint density at radius 3 is 2.58 bits per heavy atom. The molecule has 0 saturated heterocycles. The highest BCUT2D eigenvalue weighted by Crippen LogP contribution is 2.22. The number of rotatable bonds is 7. The Hall–Kier alpha value is -1.09. The van der Waals surface area contributed by atoms with E-state index in [0.29, 0.717) is 12.6 Å². The van der Waals surface area contributed by atoms with E-state index in [0.717, 1.165) is 31.0 Å². The average molecular weight is 264 g/mol. The van der Waals surface area contributed by atoms with Crippen LogP contribution in [-0.2, 0) is 6.42 Å². The van der Waals surface area contributed by atoms with E-state index in [1.165, 1.54) is 0 Å². The van der Waals surface area contributed by atoms with Gasteiger partial charge in [-0.1, -0.05) is 33.8 Å². The molecule has 1 N–H and O–H groups in total. The predicted octanol–water partition coefficient (Wildman–Crippen LogP) is 3.44. The van der Waals surface area contributed by atoms with Crippen molar-refractivity contribution in [2.75, 3.05) is 13.2 Å². The Morgan fingerprint density at radius 1 is 1.26 bits per heavy atom. The Labute approximate surface area is 117 Å². The topological polar surface area (TPSA) is 34.1 Å². The SMILES string of the molecule is CCCNC(Cc1cccc(OCC)n1)C(C)(C)C. The zero-order valence-corrected chi connectivity index (χ0v) is 13.0. The third-order valence-electron chi connectivity index (χ3n) is 3.17. The van der Waals surface area contributed by atoms with Gasteiger partial charge in [-0.15, -0.1) is 0 Å². The highest BCUT2D eigenvalue weighted by molar-refractivity contribution is 5.17. The summed E-state index contributed by atoms with van der Waals surface area (Å²) in [6, 6.07) is 6.44. The third kappa shape index (κ3) is 5.60. The van der Waals surface area contributed by atoms with Gasteiger partial charge in [0.05, 0.1) is 6.61 Å². The monoisotopic (exact) mass is 264 g/mol. The number of pyridine rings is 1. The highest BCUT2D eigenvalue weighted by Gasteiger charge is 2.24. The summed E-state index contributed by atoms with van der Waals surface area (Å²) in [5.74, 6) is 0.725. The van der Waals surface area contributed by atoms with Gasteiger partial charge in [0.2, 0.25) is 5.88 Å². The summed E-state index contributed by atoms with van der Waals surface area (Å²) in [6.07, 6.45) is 2.09. The molecule has 0 aliphatic heterocycles. The van der Waals surface area contributed by atoms with Gasteiger partial charge in [-0.3, -0.25) is 0 Å². The molecule has 19 heavy (non-hydrogen) atoms. The smallest absolute Gasteiger partial charge is 0.213 e. The lowest BCUT2D eigenvalue weighted by Gasteiger charge is -2.31. The van der Waals surface area contributed by atoms with E-state index in [2.05, 4.69) is 44.1 Å². The molecule has 0 saturated carbocycles. The lowest BCUT2D eigenvalue weighted by Crippen LogP contribution is -2.42. The van der Waals surface area contributed by atoms with E-state index in [9.17, 15) is 0 Å². The van der Waals surface area contributed by atoms with Crippen LogP contribution in [0.5, 0.6) is 5.88 Å². The van der Waals surface area contributed by atoms with Crippen molar-refractivity contribution in [3.05, 3.63) is 23.9 Å². The Morgan fingerprint density at radius 2 is 2.00 bits per heavy atom. The minimum absolute atomic E-state index is 0.221. The van der Waals surface area contributed by atoms with Gasteiger partial charge in [-0.05, 0) is 31.4 Å². The molecule has 0 aromatic carbocycles. The van der Waals surface area contributed by atoms with E-state index in [4.69, 9.17) is 4.74 Å². The van der Waals surface area contributed by atoms with E-state index < -0.39 is 0 Å². The Kier molecular flexibility index (Phi) is 6.29. The summed E-state index contributed by atoms with van der Waals surface area (Å²) in [4.78, 5) is 4.56. The van der Waals surface area contributed by atoms with Crippen molar-refractivity contribution in [3.63, 3.8) is 0 Å². The van der Waals surface area contributed by atoms with Crippen LogP contribution in [0.15, 0.2) is 18.2 Å². The minimum atomic E-state index is 0.221. The fraction of sp³-hybridized carbons (Fsp3) is 0.688. The fourth-order valence-electron chi connectivity index (χ4n) is 2.01. The molecule has 1 atom stereocenters. The Bertz CT molecular complexity index is 371. The summed E-state index contributed by atoms with van der Waals surface area (Å²) in [6.45, 7) is 12.7. The van der Waals surface area contributed by atoms with Crippen LogP contribution in [-0.4, -0.2) is 24.2 Å². The summed E-state index contributed by atoms with van der Waals surface area (Å²) >= 11 is 0. The summed E-state index contributed by atoms with van der Waals surface area (Å²) < 4.78 is 5.46. The molecule has 0 radical (unpaired) electrons. The predicted molar refractivity (Wildman–Crippen MR) is 80.6 cm³/mol. The van der Waals surface area contributed by atoms with Gasteiger partial charge in [-0.25, -0.2) is 4.98 Å². The van der Waals surface area contributed by atoms with Crippen LogP contribution in [0, 0.1) is 5.41 Å². The molecule has 3 nitrogen and oxygen atoms in total. The molecule has 3 heteroatoms.